The van der Waals surface area contributed by atoms with Crippen LogP contribution in [0.1, 0.15) is 45.1 Å². The third kappa shape index (κ3) is 3.79. The highest BCUT2D eigenvalue weighted by Crippen LogP contribution is 2.37. The summed E-state index contributed by atoms with van der Waals surface area (Å²) in [5.41, 5.74) is 7.05. The van der Waals surface area contributed by atoms with E-state index in [2.05, 4.69) is 29.8 Å². The van der Waals surface area contributed by atoms with E-state index in [4.69, 9.17) is 5.73 Å². The number of nitrogens with two attached hydrogens (primary N) is 1. The number of hydrogen-bond donors (Lipinski definition) is 1. The van der Waals surface area contributed by atoms with Crippen molar-refractivity contribution in [2.24, 2.45) is 17.6 Å². The van der Waals surface area contributed by atoms with E-state index in [1.54, 1.807) is 6.07 Å². The molecule has 1 saturated carbocycles. The zero-order valence-electron chi connectivity index (χ0n) is 11.8. The lowest BCUT2D eigenvalue weighted by Crippen LogP contribution is -2.47. The quantitative estimate of drug-likeness (QED) is 0.857. The molecule has 1 aliphatic carbocycles. The zero-order valence-corrected chi connectivity index (χ0v) is 13.3. The van der Waals surface area contributed by atoms with Crippen molar-refractivity contribution in [1.82, 2.24) is 0 Å². The van der Waals surface area contributed by atoms with E-state index in [1.807, 2.05) is 6.07 Å². The van der Waals surface area contributed by atoms with Crippen LogP contribution < -0.4 is 5.73 Å². The Kier molecular flexibility index (Phi) is 4.67. The minimum Gasteiger partial charge on any atom is -0.325 e. The van der Waals surface area contributed by atoms with Crippen molar-refractivity contribution in [3.8, 4) is 0 Å². The van der Waals surface area contributed by atoms with Gasteiger partial charge in [-0.1, -0.05) is 42.6 Å². The third-order valence-corrected chi connectivity index (χ3v) is 4.90. The van der Waals surface area contributed by atoms with Gasteiger partial charge in [0, 0.05) is 10.0 Å². The highest BCUT2D eigenvalue weighted by Gasteiger charge is 2.34. The number of halogens is 2. The van der Waals surface area contributed by atoms with Gasteiger partial charge in [-0.2, -0.15) is 0 Å². The lowest BCUT2D eigenvalue weighted by molar-refractivity contribution is 0.181. The summed E-state index contributed by atoms with van der Waals surface area (Å²) in [4.78, 5) is 0. The number of rotatable bonds is 3. The fourth-order valence-electron chi connectivity index (χ4n) is 3.23. The Morgan fingerprint density at radius 2 is 2.21 bits per heavy atom. The van der Waals surface area contributed by atoms with Gasteiger partial charge in [-0.05, 0) is 54.9 Å². The Balaban J connectivity index is 2.14. The molecule has 0 spiro atoms. The first-order valence-electron chi connectivity index (χ1n) is 7.12. The molecule has 0 heterocycles. The van der Waals surface area contributed by atoms with Crippen LogP contribution >= 0.6 is 15.9 Å². The van der Waals surface area contributed by atoms with Crippen molar-refractivity contribution in [2.75, 3.05) is 0 Å². The molecule has 1 aromatic rings. The van der Waals surface area contributed by atoms with Crippen LogP contribution in [0.2, 0.25) is 0 Å². The van der Waals surface area contributed by atoms with Gasteiger partial charge in [-0.3, -0.25) is 0 Å². The average molecular weight is 328 g/mol. The van der Waals surface area contributed by atoms with Crippen molar-refractivity contribution in [3.05, 3.63) is 34.1 Å². The highest BCUT2D eigenvalue weighted by atomic mass is 79.9. The molecule has 0 radical (unpaired) electrons. The minimum atomic E-state index is -0.241. The van der Waals surface area contributed by atoms with Crippen LogP contribution in [0.15, 0.2) is 22.7 Å². The SMILES string of the molecule is CC(C)C1CCCC(N)(Cc2cc(Br)ccc2F)C1. The predicted octanol–water partition coefficient (Wildman–Crippen LogP) is 4.67. The molecular weight excluding hydrogens is 305 g/mol. The van der Waals surface area contributed by atoms with Gasteiger partial charge in [0.15, 0.2) is 0 Å². The average Bonchev–Trinajstić information content (AvgIpc) is 2.33. The Hall–Kier alpha value is -0.410. The van der Waals surface area contributed by atoms with Gasteiger partial charge in [0.05, 0.1) is 0 Å². The third-order valence-electron chi connectivity index (χ3n) is 4.41. The Bertz CT molecular complexity index is 446. The van der Waals surface area contributed by atoms with Crippen LogP contribution in [0, 0.1) is 17.7 Å². The van der Waals surface area contributed by atoms with E-state index in [0.29, 0.717) is 18.3 Å². The maximum absolute atomic E-state index is 13.9. The molecule has 2 rings (SSSR count). The molecule has 2 N–H and O–H groups in total. The smallest absolute Gasteiger partial charge is 0.126 e. The van der Waals surface area contributed by atoms with E-state index in [1.165, 1.54) is 12.5 Å². The Labute approximate surface area is 123 Å². The molecule has 0 aromatic heterocycles. The fourth-order valence-corrected chi connectivity index (χ4v) is 3.64. The zero-order chi connectivity index (χ0) is 14.0. The van der Waals surface area contributed by atoms with E-state index in [9.17, 15) is 4.39 Å². The van der Waals surface area contributed by atoms with Crippen molar-refractivity contribution in [2.45, 2.75) is 51.5 Å². The molecule has 1 aromatic carbocycles. The van der Waals surface area contributed by atoms with Gasteiger partial charge >= 0.3 is 0 Å². The van der Waals surface area contributed by atoms with Crippen LogP contribution in [0.3, 0.4) is 0 Å². The van der Waals surface area contributed by atoms with Gasteiger partial charge in [0.25, 0.3) is 0 Å². The molecule has 0 bridgehead atoms. The summed E-state index contributed by atoms with van der Waals surface area (Å²) >= 11 is 3.41. The lowest BCUT2D eigenvalue weighted by Gasteiger charge is -2.40. The Morgan fingerprint density at radius 3 is 2.89 bits per heavy atom. The van der Waals surface area contributed by atoms with Crippen LogP contribution in [0.4, 0.5) is 4.39 Å². The minimum absolute atomic E-state index is 0.139. The molecule has 0 saturated heterocycles. The van der Waals surface area contributed by atoms with E-state index < -0.39 is 0 Å². The molecule has 19 heavy (non-hydrogen) atoms. The van der Waals surface area contributed by atoms with Crippen LogP contribution in [-0.4, -0.2) is 5.54 Å². The Morgan fingerprint density at radius 1 is 1.47 bits per heavy atom. The highest BCUT2D eigenvalue weighted by molar-refractivity contribution is 9.10. The van der Waals surface area contributed by atoms with Crippen molar-refractivity contribution >= 4 is 15.9 Å². The monoisotopic (exact) mass is 327 g/mol. The second kappa shape index (κ2) is 5.92. The second-order valence-electron chi connectivity index (χ2n) is 6.38. The second-order valence-corrected chi connectivity index (χ2v) is 7.29. The maximum atomic E-state index is 13.9. The van der Waals surface area contributed by atoms with E-state index >= 15 is 0 Å². The first kappa shape index (κ1) is 15.0. The van der Waals surface area contributed by atoms with Crippen LogP contribution in [0.25, 0.3) is 0 Å². The van der Waals surface area contributed by atoms with Gasteiger partial charge in [-0.25, -0.2) is 4.39 Å². The molecule has 1 nitrogen and oxygen atoms in total. The molecule has 0 aliphatic heterocycles. The molecular formula is C16H23BrFN. The van der Waals surface area contributed by atoms with Gasteiger partial charge in [0.1, 0.15) is 5.82 Å². The molecule has 2 unspecified atom stereocenters. The normalized spacial score (nSPS) is 27.8. The number of hydrogen-bond acceptors (Lipinski definition) is 1. The number of benzene rings is 1. The molecule has 1 aliphatic rings. The van der Waals surface area contributed by atoms with Crippen LogP contribution in [0.5, 0.6) is 0 Å². The largest absolute Gasteiger partial charge is 0.325 e. The predicted molar refractivity (Wildman–Crippen MR) is 81.5 cm³/mol. The maximum Gasteiger partial charge on any atom is 0.126 e. The van der Waals surface area contributed by atoms with Gasteiger partial charge in [0.2, 0.25) is 0 Å². The summed E-state index contributed by atoms with van der Waals surface area (Å²) in [5, 5.41) is 0. The van der Waals surface area contributed by atoms with Gasteiger partial charge in [-0.15, -0.1) is 0 Å². The summed E-state index contributed by atoms with van der Waals surface area (Å²) in [5.74, 6) is 1.20. The lowest BCUT2D eigenvalue weighted by atomic mass is 9.70. The topological polar surface area (TPSA) is 26.0 Å². The summed E-state index contributed by atoms with van der Waals surface area (Å²) in [6.45, 7) is 4.52. The summed E-state index contributed by atoms with van der Waals surface area (Å²) in [7, 11) is 0. The summed E-state index contributed by atoms with van der Waals surface area (Å²) < 4.78 is 14.8. The first-order valence-corrected chi connectivity index (χ1v) is 7.92. The fraction of sp³-hybridized carbons (Fsp3) is 0.625. The molecule has 0 amide bonds. The van der Waals surface area contributed by atoms with E-state index in [-0.39, 0.29) is 11.4 Å². The van der Waals surface area contributed by atoms with Crippen LogP contribution in [-0.2, 0) is 6.42 Å². The summed E-state index contributed by atoms with van der Waals surface area (Å²) in [6.07, 6.45) is 5.08. The standard InChI is InChI=1S/C16H23BrFN/c1-11(2)12-4-3-7-16(19,9-12)10-13-8-14(17)5-6-15(13)18/h5-6,8,11-12H,3-4,7,9-10,19H2,1-2H3. The van der Waals surface area contributed by atoms with Crippen molar-refractivity contribution in [3.63, 3.8) is 0 Å². The molecule has 2 atom stereocenters. The van der Waals surface area contributed by atoms with Gasteiger partial charge < -0.3 is 5.73 Å². The molecule has 1 fully saturated rings. The van der Waals surface area contributed by atoms with Crippen molar-refractivity contribution < 1.29 is 4.39 Å². The van der Waals surface area contributed by atoms with E-state index in [0.717, 1.165) is 29.3 Å². The molecule has 106 valence electrons. The summed E-state index contributed by atoms with van der Waals surface area (Å²) in [6, 6.07) is 5.12. The van der Waals surface area contributed by atoms with Crippen molar-refractivity contribution in [1.29, 1.82) is 0 Å². The molecule has 3 heteroatoms. The first-order chi connectivity index (χ1) is 8.89.